The fraction of sp³-hybridized carbons (Fsp3) is 0.375. The van der Waals surface area contributed by atoms with E-state index in [9.17, 15) is 13.5 Å². The van der Waals surface area contributed by atoms with Gasteiger partial charge in [0.25, 0.3) is 0 Å². The molecule has 0 bridgehead atoms. The van der Waals surface area contributed by atoms with E-state index >= 15 is 0 Å². The number of rotatable bonds is 6. The Labute approximate surface area is 141 Å². The summed E-state index contributed by atoms with van der Waals surface area (Å²) in [7, 11) is -3.67. The molecule has 0 aliphatic rings. The van der Waals surface area contributed by atoms with Crippen LogP contribution in [0.1, 0.15) is 35.2 Å². The molecule has 5 nitrogen and oxygen atoms in total. The Balaban J connectivity index is 2.02. The van der Waals surface area contributed by atoms with Crippen LogP contribution in [0.4, 0.5) is 0 Å². The lowest BCUT2D eigenvalue weighted by Gasteiger charge is -2.12. The zero-order chi connectivity index (χ0) is 17.2. The number of furan rings is 1. The molecule has 7 heteroatoms. The number of hydrogen-bond acceptors (Lipinski definition) is 4. The van der Waals surface area contributed by atoms with Crippen LogP contribution < -0.4 is 4.72 Å². The molecule has 1 aromatic heterocycles. The topological polar surface area (TPSA) is 79.5 Å². The second-order valence-corrected chi connectivity index (χ2v) is 7.65. The molecule has 2 N–H and O–H groups in total. The van der Waals surface area contributed by atoms with Crippen LogP contribution in [0.5, 0.6) is 0 Å². The van der Waals surface area contributed by atoms with Crippen molar-refractivity contribution < 1.29 is 17.9 Å². The number of sulfonamides is 1. The first-order valence-corrected chi connectivity index (χ1v) is 9.07. The van der Waals surface area contributed by atoms with E-state index in [1.54, 1.807) is 39.0 Å². The average molecular weight is 358 g/mol. The van der Waals surface area contributed by atoms with Gasteiger partial charge >= 0.3 is 0 Å². The van der Waals surface area contributed by atoms with Crippen molar-refractivity contribution in [3.63, 3.8) is 0 Å². The Morgan fingerprint density at radius 1 is 1.26 bits per heavy atom. The zero-order valence-corrected chi connectivity index (χ0v) is 14.8. The molecule has 23 heavy (non-hydrogen) atoms. The summed E-state index contributed by atoms with van der Waals surface area (Å²) < 4.78 is 32.5. The molecule has 1 unspecified atom stereocenters. The van der Waals surface area contributed by atoms with Crippen LogP contribution in [0.25, 0.3) is 0 Å². The number of halogens is 1. The first-order valence-electron chi connectivity index (χ1n) is 7.21. The maximum Gasteiger partial charge on any atom is 0.240 e. The van der Waals surface area contributed by atoms with Gasteiger partial charge in [-0.05, 0) is 51.0 Å². The van der Waals surface area contributed by atoms with Gasteiger partial charge in [-0.25, -0.2) is 13.1 Å². The average Bonchev–Trinajstić information content (AvgIpc) is 2.80. The highest BCUT2D eigenvalue weighted by atomic mass is 35.5. The van der Waals surface area contributed by atoms with Gasteiger partial charge in [0.15, 0.2) is 0 Å². The van der Waals surface area contributed by atoms with Crippen LogP contribution in [0, 0.1) is 20.8 Å². The predicted molar refractivity (Wildman–Crippen MR) is 89.1 cm³/mol. The minimum Gasteiger partial charge on any atom is -0.466 e. The molecule has 1 atom stereocenters. The summed E-state index contributed by atoms with van der Waals surface area (Å²) in [6.45, 7) is 5.38. The molecule has 0 radical (unpaired) electrons. The molecule has 0 saturated carbocycles. The summed E-state index contributed by atoms with van der Waals surface area (Å²) in [5.41, 5.74) is 1.30. The van der Waals surface area contributed by atoms with Gasteiger partial charge in [0.2, 0.25) is 10.0 Å². The Bertz CT molecular complexity index is 798. The van der Waals surface area contributed by atoms with Crippen molar-refractivity contribution in [3.8, 4) is 0 Å². The van der Waals surface area contributed by atoms with Gasteiger partial charge < -0.3 is 9.52 Å². The van der Waals surface area contributed by atoms with E-state index in [2.05, 4.69) is 4.72 Å². The second kappa shape index (κ2) is 7.05. The third-order valence-electron chi connectivity index (χ3n) is 3.59. The van der Waals surface area contributed by atoms with E-state index in [0.29, 0.717) is 27.7 Å². The Morgan fingerprint density at radius 2 is 1.96 bits per heavy atom. The van der Waals surface area contributed by atoms with Crippen molar-refractivity contribution in [2.45, 2.75) is 38.2 Å². The lowest BCUT2D eigenvalue weighted by atomic mass is 10.1. The zero-order valence-electron chi connectivity index (χ0n) is 13.3. The molecule has 1 heterocycles. The first-order chi connectivity index (χ1) is 10.7. The third kappa shape index (κ3) is 4.35. The van der Waals surface area contributed by atoms with E-state index in [0.717, 1.165) is 0 Å². The van der Waals surface area contributed by atoms with Crippen LogP contribution in [0.2, 0.25) is 5.02 Å². The van der Waals surface area contributed by atoms with Crippen molar-refractivity contribution >= 4 is 21.6 Å². The summed E-state index contributed by atoms with van der Waals surface area (Å²) >= 11 is 5.86. The van der Waals surface area contributed by atoms with Crippen molar-refractivity contribution in [2.24, 2.45) is 0 Å². The van der Waals surface area contributed by atoms with Crippen molar-refractivity contribution in [3.05, 3.63) is 51.9 Å². The molecule has 0 aliphatic carbocycles. The van der Waals surface area contributed by atoms with Crippen molar-refractivity contribution in [1.29, 1.82) is 0 Å². The highest BCUT2D eigenvalue weighted by Crippen LogP contribution is 2.24. The molecule has 0 aliphatic heterocycles. The molecule has 2 rings (SSSR count). The van der Waals surface area contributed by atoms with Crippen LogP contribution in [0.3, 0.4) is 0 Å². The second-order valence-electron chi connectivity index (χ2n) is 5.48. The van der Waals surface area contributed by atoms with Crippen LogP contribution in [-0.4, -0.2) is 20.1 Å². The van der Waals surface area contributed by atoms with E-state index < -0.39 is 16.1 Å². The molecule has 0 amide bonds. The van der Waals surface area contributed by atoms with E-state index in [1.165, 1.54) is 6.07 Å². The summed E-state index contributed by atoms with van der Waals surface area (Å²) in [5.74, 6) is 1.36. The lowest BCUT2D eigenvalue weighted by molar-refractivity contribution is 0.167. The van der Waals surface area contributed by atoms with Crippen LogP contribution >= 0.6 is 11.6 Å². The fourth-order valence-electron chi connectivity index (χ4n) is 2.41. The van der Waals surface area contributed by atoms with E-state index in [1.807, 2.05) is 0 Å². The predicted octanol–water partition coefficient (Wildman–Crippen LogP) is 3.26. The molecular weight excluding hydrogens is 338 g/mol. The Hall–Kier alpha value is -1.34. The van der Waals surface area contributed by atoms with Gasteiger partial charge in [-0.15, -0.1) is 0 Å². The molecule has 0 spiro atoms. The lowest BCUT2D eigenvalue weighted by Crippen LogP contribution is -2.26. The summed E-state index contributed by atoms with van der Waals surface area (Å²) in [4.78, 5) is 0.148. The normalized spacial score (nSPS) is 13.3. The molecule has 0 saturated heterocycles. The van der Waals surface area contributed by atoms with Crippen molar-refractivity contribution in [2.75, 3.05) is 6.54 Å². The number of aliphatic hydroxyl groups excluding tert-OH is 1. The number of hydrogen-bond donors (Lipinski definition) is 2. The summed E-state index contributed by atoms with van der Waals surface area (Å²) in [5, 5.41) is 10.5. The van der Waals surface area contributed by atoms with Gasteiger partial charge in [-0.2, -0.15) is 0 Å². The molecular formula is C16H20ClNO4S. The largest absolute Gasteiger partial charge is 0.466 e. The summed E-state index contributed by atoms with van der Waals surface area (Å²) in [6.07, 6.45) is -0.533. The van der Waals surface area contributed by atoms with Crippen molar-refractivity contribution in [1.82, 2.24) is 4.72 Å². The SMILES string of the molecule is Cc1cc(C(O)CCNS(=O)(=O)c2cc(Cl)ccc2C)c(C)o1. The quantitative estimate of drug-likeness (QED) is 0.831. The highest BCUT2D eigenvalue weighted by Gasteiger charge is 2.19. The van der Waals surface area contributed by atoms with Gasteiger partial charge in [0.1, 0.15) is 11.5 Å². The monoisotopic (exact) mass is 357 g/mol. The number of nitrogens with one attached hydrogen (secondary N) is 1. The van der Waals surface area contributed by atoms with Gasteiger partial charge in [-0.1, -0.05) is 17.7 Å². The van der Waals surface area contributed by atoms with E-state index in [4.69, 9.17) is 16.0 Å². The minimum atomic E-state index is -3.67. The van der Waals surface area contributed by atoms with Gasteiger partial charge in [0.05, 0.1) is 11.0 Å². The van der Waals surface area contributed by atoms with Gasteiger partial charge in [-0.3, -0.25) is 0 Å². The minimum absolute atomic E-state index is 0.110. The molecule has 126 valence electrons. The third-order valence-corrected chi connectivity index (χ3v) is 5.43. The summed E-state index contributed by atoms with van der Waals surface area (Å²) in [6, 6.07) is 6.47. The van der Waals surface area contributed by atoms with E-state index in [-0.39, 0.29) is 17.9 Å². The maximum absolute atomic E-state index is 12.3. The molecule has 2 aromatic rings. The maximum atomic E-state index is 12.3. The Kier molecular flexibility index (Phi) is 5.52. The van der Waals surface area contributed by atoms with Crippen LogP contribution in [0.15, 0.2) is 33.6 Å². The molecule has 1 aromatic carbocycles. The number of benzene rings is 1. The standard InChI is InChI=1S/C16H20ClNO4S/c1-10-4-5-13(17)9-16(10)23(20,21)18-7-6-15(19)14-8-11(2)22-12(14)3/h4-5,8-9,15,18-19H,6-7H2,1-3H3. The highest BCUT2D eigenvalue weighted by molar-refractivity contribution is 7.89. The Morgan fingerprint density at radius 3 is 2.57 bits per heavy atom. The van der Waals surface area contributed by atoms with Gasteiger partial charge in [0, 0.05) is 17.1 Å². The molecule has 0 fully saturated rings. The van der Waals surface area contributed by atoms with Crippen LogP contribution in [-0.2, 0) is 10.0 Å². The smallest absolute Gasteiger partial charge is 0.240 e. The first kappa shape index (κ1) is 18.0. The number of aryl methyl sites for hydroxylation is 3. The number of aliphatic hydroxyl groups is 1. The fourth-order valence-corrected chi connectivity index (χ4v) is 3.96.